The van der Waals surface area contributed by atoms with Gasteiger partial charge in [-0.05, 0) is 23.9 Å². The molecule has 0 bridgehead atoms. The molecule has 0 fully saturated rings. The van der Waals surface area contributed by atoms with Gasteiger partial charge >= 0.3 is 0 Å². The lowest BCUT2D eigenvalue weighted by atomic mass is 10.3. The minimum atomic E-state index is 0.106. The Kier molecular flexibility index (Phi) is 4.29. The first-order chi connectivity index (χ1) is 7.02. The predicted molar refractivity (Wildman–Crippen MR) is 65.6 cm³/mol. The Morgan fingerprint density at radius 1 is 1.60 bits per heavy atom. The van der Waals surface area contributed by atoms with E-state index in [9.17, 15) is 4.79 Å². The number of hydrogen-bond acceptors (Lipinski definition) is 3. The molecule has 84 valence electrons. The molecule has 0 aliphatic heterocycles. The average Bonchev–Trinajstić information content (AvgIpc) is 2.59. The fraction of sp³-hybridized carbons (Fsp3) is 0.545. The molecule has 3 nitrogen and oxygen atoms in total. The maximum absolute atomic E-state index is 11.8. The minimum absolute atomic E-state index is 0.106. The molecule has 1 aromatic rings. The van der Waals surface area contributed by atoms with E-state index in [0.29, 0.717) is 12.6 Å². The number of nitrogens with one attached hydrogen (secondary N) is 1. The van der Waals surface area contributed by atoms with Crippen molar-refractivity contribution in [2.24, 2.45) is 0 Å². The molecule has 15 heavy (non-hydrogen) atoms. The largest absolute Gasteiger partial charge is 0.306 e. The highest BCUT2D eigenvalue weighted by Crippen LogP contribution is 2.25. The van der Waals surface area contributed by atoms with Crippen LogP contribution in [0.25, 0.3) is 0 Å². The first-order valence-electron chi connectivity index (χ1n) is 5.06. The van der Waals surface area contributed by atoms with Gasteiger partial charge in [0.25, 0.3) is 0 Å². The number of amides is 1. The summed E-state index contributed by atoms with van der Waals surface area (Å²) in [5, 5.41) is 6.16. The van der Waals surface area contributed by atoms with Gasteiger partial charge in [0, 0.05) is 13.1 Å². The standard InChI is InChI=1S/C11H18N2OS/c1-8(2)12-7-10(14)13(4)11-9(3)5-6-15-11/h5-6,8,12H,7H2,1-4H3. The predicted octanol–water partition coefficient (Wildman–Crippen LogP) is 2.02. The van der Waals surface area contributed by atoms with E-state index >= 15 is 0 Å². The molecule has 0 atom stereocenters. The number of aryl methyl sites for hydroxylation is 1. The molecule has 1 N–H and O–H groups in total. The zero-order valence-corrected chi connectivity index (χ0v) is 10.5. The van der Waals surface area contributed by atoms with E-state index < -0.39 is 0 Å². The molecule has 0 unspecified atom stereocenters. The maximum atomic E-state index is 11.8. The van der Waals surface area contributed by atoms with Crippen LogP contribution in [0.3, 0.4) is 0 Å². The number of rotatable bonds is 4. The summed E-state index contributed by atoms with van der Waals surface area (Å²) in [5.74, 6) is 0.106. The zero-order valence-electron chi connectivity index (χ0n) is 9.70. The van der Waals surface area contributed by atoms with Crippen molar-refractivity contribution in [1.82, 2.24) is 5.32 Å². The van der Waals surface area contributed by atoms with E-state index in [1.54, 1.807) is 16.2 Å². The highest BCUT2D eigenvalue weighted by atomic mass is 32.1. The van der Waals surface area contributed by atoms with Gasteiger partial charge < -0.3 is 10.2 Å². The monoisotopic (exact) mass is 226 g/mol. The third kappa shape index (κ3) is 3.32. The Morgan fingerprint density at radius 2 is 2.27 bits per heavy atom. The van der Waals surface area contributed by atoms with Gasteiger partial charge in [-0.2, -0.15) is 0 Å². The summed E-state index contributed by atoms with van der Waals surface area (Å²) in [6, 6.07) is 2.37. The van der Waals surface area contributed by atoms with Crippen LogP contribution in [0.15, 0.2) is 11.4 Å². The number of likely N-dealkylation sites (N-methyl/N-ethyl adjacent to an activating group) is 1. The van der Waals surface area contributed by atoms with Crippen LogP contribution >= 0.6 is 11.3 Å². The highest BCUT2D eigenvalue weighted by molar-refractivity contribution is 7.14. The second-order valence-electron chi connectivity index (χ2n) is 3.90. The molecule has 0 radical (unpaired) electrons. The molecule has 0 saturated carbocycles. The second kappa shape index (κ2) is 5.28. The van der Waals surface area contributed by atoms with Gasteiger partial charge in [0.2, 0.25) is 5.91 Å². The first-order valence-corrected chi connectivity index (χ1v) is 5.94. The van der Waals surface area contributed by atoms with Crippen LogP contribution in [0.2, 0.25) is 0 Å². The van der Waals surface area contributed by atoms with Crippen molar-refractivity contribution in [1.29, 1.82) is 0 Å². The fourth-order valence-electron chi connectivity index (χ4n) is 1.23. The maximum Gasteiger partial charge on any atom is 0.241 e. The van der Waals surface area contributed by atoms with Crippen molar-refractivity contribution >= 4 is 22.2 Å². The summed E-state index contributed by atoms with van der Waals surface area (Å²) in [6.45, 7) is 6.48. The van der Waals surface area contributed by atoms with Crippen LogP contribution in [-0.2, 0) is 4.79 Å². The number of carbonyl (C=O) groups excluding carboxylic acids is 1. The molecule has 1 heterocycles. The third-order valence-electron chi connectivity index (χ3n) is 2.18. The topological polar surface area (TPSA) is 32.3 Å². The summed E-state index contributed by atoms with van der Waals surface area (Å²) < 4.78 is 0. The van der Waals surface area contributed by atoms with Crippen LogP contribution in [-0.4, -0.2) is 25.5 Å². The summed E-state index contributed by atoms with van der Waals surface area (Å²) >= 11 is 1.60. The minimum Gasteiger partial charge on any atom is -0.306 e. The lowest BCUT2D eigenvalue weighted by molar-refractivity contribution is -0.117. The second-order valence-corrected chi connectivity index (χ2v) is 4.79. The molecule has 1 amide bonds. The molecule has 0 aromatic carbocycles. The summed E-state index contributed by atoms with van der Waals surface area (Å²) in [5.41, 5.74) is 1.15. The Balaban J connectivity index is 2.57. The fourth-order valence-corrected chi connectivity index (χ4v) is 2.15. The van der Waals surface area contributed by atoms with Gasteiger partial charge in [0.15, 0.2) is 0 Å². The van der Waals surface area contributed by atoms with Gasteiger partial charge in [-0.25, -0.2) is 0 Å². The Labute approximate surface area is 95.1 Å². The number of carbonyl (C=O) groups is 1. The first kappa shape index (κ1) is 12.2. The third-order valence-corrected chi connectivity index (χ3v) is 3.27. The number of thiophene rings is 1. The molecule has 0 saturated heterocycles. The molecule has 0 aliphatic carbocycles. The number of anilines is 1. The van der Waals surface area contributed by atoms with Crippen molar-refractivity contribution in [3.8, 4) is 0 Å². The summed E-state index contributed by atoms with van der Waals surface area (Å²) in [6.07, 6.45) is 0. The van der Waals surface area contributed by atoms with Crippen LogP contribution in [0, 0.1) is 6.92 Å². The van der Waals surface area contributed by atoms with Gasteiger partial charge in [-0.3, -0.25) is 4.79 Å². The highest BCUT2D eigenvalue weighted by Gasteiger charge is 2.13. The van der Waals surface area contributed by atoms with Crippen LogP contribution < -0.4 is 10.2 Å². The van der Waals surface area contributed by atoms with Crippen LogP contribution in [0.5, 0.6) is 0 Å². The number of hydrogen-bond donors (Lipinski definition) is 1. The lowest BCUT2D eigenvalue weighted by Gasteiger charge is -2.17. The van der Waals surface area contributed by atoms with Crippen molar-refractivity contribution in [2.75, 3.05) is 18.5 Å². The lowest BCUT2D eigenvalue weighted by Crippen LogP contribution is -2.38. The van der Waals surface area contributed by atoms with Gasteiger partial charge in [-0.1, -0.05) is 13.8 Å². The average molecular weight is 226 g/mol. The number of nitrogens with zero attached hydrogens (tertiary/aromatic N) is 1. The van der Waals surface area contributed by atoms with Gasteiger partial charge in [0.05, 0.1) is 6.54 Å². The van der Waals surface area contributed by atoms with E-state index in [-0.39, 0.29) is 5.91 Å². The zero-order chi connectivity index (χ0) is 11.4. The molecular weight excluding hydrogens is 208 g/mol. The molecule has 0 spiro atoms. The van der Waals surface area contributed by atoms with E-state index in [4.69, 9.17) is 0 Å². The quantitative estimate of drug-likeness (QED) is 0.852. The van der Waals surface area contributed by atoms with E-state index in [2.05, 4.69) is 5.32 Å². The van der Waals surface area contributed by atoms with E-state index in [1.807, 2.05) is 39.3 Å². The normalized spacial score (nSPS) is 10.7. The van der Waals surface area contributed by atoms with Crippen LogP contribution in [0.4, 0.5) is 5.00 Å². The van der Waals surface area contributed by atoms with E-state index in [1.165, 1.54) is 0 Å². The molecule has 1 rings (SSSR count). The van der Waals surface area contributed by atoms with E-state index in [0.717, 1.165) is 10.6 Å². The Morgan fingerprint density at radius 3 is 2.73 bits per heavy atom. The van der Waals surface area contributed by atoms with Crippen LogP contribution in [0.1, 0.15) is 19.4 Å². The Hall–Kier alpha value is -0.870. The molecule has 1 aromatic heterocycles. The summed E-state index contributed by atoms with van der Waals surface area (Å²) in [4.78, 5) is 13.5. The summed E-state index contributed by atoms with van der Waals surface area (Å²) in [7, 11) is 1.82. The SMILES string of the molecule is Cc1ccsc1N(C)C(=O)CNC(C)C. The van der Waals surface area contributed by atoms with Crippen molar-refractivity contribution < 1.29 is 4.79 Å². The van der Waals surface area contributed by atoms with Crippen molar-refractivity contribution in [2.45, 2.75) is 26.8 Å². The van der Waals surface area contributed by atoms with Gasteiger partial charge in [0.1, 0.15) is 5.00 Å². The smallest absolute Gasteiger partial charge is 0.241 e. The van der Waals surface area contributed by atoms with Gasteiger partial charge in [-0.15, -0.1) is 11.3 Å². The van der Waals surface area contributed by atoms with Crippen molar-refractivity contribution in [3.05, 3.63) is 17.0 Å². The molecular formula is C11H18N2OS. The van der Waals surface area contributed by atoms with Crippen molar-refractivity contribution in [3.63, 3.8) is 0 Å². The molecule has 0 aliphatic rings. The molecule has 4 heteroatoms. The Bertz CT molecular complexity index is 333.